The summed E-state index contributed by atoms with van der Waals surface area (Å²) in [5.41, 5.74) is 0.408. The second kappa shape index (κ2) is 5.71. The Balaban J connectivity index is 2.74. The maximum absolute atomic E-state index is 11.9. The molecular weight excluding hydrogens is 214 g/mol. The maximum Gasteiger partial charge on any atom is 0.251 e. The highest BCUT2D eigenvalue weighted by atomic mass is 16.5. The van der Waals surface area contributed by atoms with Crippen molar-refractivity contribution in [1.29, 1.82) is 0 Å². The van der Waals surface area contributed by atoms with Gasteiger partial charge in [-0.15, -0.1) is 0 Å². The minimum atomic E-state index is -0.225. The molecule has 1 aromatic carbocycles. The van der Waals surface area contributed by atoms with E-state index in [0.717, 1.165) is 12.2 Å². The van der Waals surface area contributed by atoms with Gasteiger partial charge in [0, 0.05) is 11.1 Å². The molecule has 3 nitrogen and oxygen atoms in total. The molecule has 3 heteroatoms. The fraction of sp³-hybridized carbons (Fsp3) is 0.500. The van der Waals surface area contributed by atoms with Crippen molar-refractivity contribution in [3.05, 3.63) is 29.8 Å². The molecule has 0 aliphatic rings. The van der Waals surface area contributed by atoms with Crippen LogP contribution in [0.1, 0.15) is 44.5 Å². The molecule has 0 atom stereocenters. The zero-order chi connectivity index (χ0) is 12.9. The molecule has 1 aromatic rings. The van der Waals surface area contributed by atoms with Gasteiger partial charge in [0.1, 0.15) is 5.75 Å². The van der Waals surface area contributed by atoms with E-state index >= 15 is 0 Å². The van der Waals surface area contributed by atoms with Gasteiger partial charge < -0.3 is 10.1 Å². The molecule has 94 valence electrons. The summed E-state index contributed by atoms with van der Waals surface area (Å²) < 4.78 is 5.50. The van der Waals surface area contributed by atoms with Crippen molar-refractivity contribution in [3.8, 4) is 5.75 Å². The molecule has 0 fully saturated rings. The molecule has 0 aliphatic carbocycles. The molecule has 0 saturated carbocycles. The van der Waals surface area contributed by atoms with Crippen molar-refractivity contribution in [2.75, 3.05) is 6.61 Å². The van der Waals surface area contributed by atoms with Crippen LogP contribution < -0.4 is 10.1 Å². The average molecular weight is 235 g/mol. The van der Waals surface area contributed by atoms with E-state index in [0.29, 0.717) is 12.2 Å². The van der Waals surface area contributed by atoms with E-state index in [4.69, 9.17) is 4.74 Å². The molecule has 1 N–H and O–H groups in total. The van der Waals surface area contributed by atoms with Gasteiger partial charge >= 0.3 is 0 Å². The van der Waals surface area contributed by atoms with E-state index in [1.807, 2.05) is 32.9 Å². The molecule has 0 saturated heterocycles. The lowest BCUT2D eigenvalue weighted by atomic mass is 10.1. The van der Waals surface area contributed by atoms with Crippen LogP contribution in [0.2, 0.25) is 0 Å². The number of carbonyl (C=O) groups excluding carboxylic acids is 1. The molecule has 0 radical (unpaired) electrons. The first-order valence-corrected chi connectivity index (χ1v) is 5.98. The van der Waals surface area contributed by atoms with Crippen LogP contribution in [0.5, 0.6) is 5.75 Å². The Morgan fingerprint density at radius 2 is 2.06 bits per heavy atom. The number of hydrogen-bond donors (Lipinski definition) is 1. The first-order valence-electron chi connectivity index (χ1n) is 5.98. The van der Waals surface area contributed by atoms with E-state index in [9.17, 15) is 4.79 Å². The minimum Gasteiger partial charge on any atom is -0.494 e. The summed E-state index contributed by atoms with van der Waals surface area (Å²) >= 11 is 0. The van der Waals surface area contributed by atoms with Crippen LogP contribution in [0.15, 0.2) is 24.3 Å². The van der Waals surface area contributed by atoms with E-state index in [-0.39, 0.29) is 11.4 Å². The van der Waals surface area contributed by atoms with Crippen LogP contribution in [0.25, 0.3) is 0 Å². The van der Waals surface area contributed by atoms with Gasteiger partial charge in [-0.05, 0) is 45.4 Å². The second-order valence-corrected chi connectivity index (χ2v) is 5.08. The Morgan fingerprint density at radius 3 is 2.65 bits per heavy atom. The molecule has 0 unspecified atom stereocenters. The minimum absolute atomic E-state index is 0.0700. The largest absolute Gasteiger partial charge is 0.494 e. The fourth-order valence-corrected chi connectivity index (χ4v) is 1.36. The number of amides is 1. The van der Waals surface area contributed by atoms with E-state index in [1.54, 1.807) is 12.1 Å². The molecular formula is C14H21NO2. The molecule has 0 aromatic heterocycles. The number of hydrogen-bond acceptors (Lipinski definition) is 2. The predicted molar refractivity (Wildman–Crippen MR) is 69.4 cm³/mol. The summed E-state index contributed by atoms with van der Waals surface area (Å²) in [5, 5.41) is 2.92. The quantitative estimate of drug-likeness (QED) is 0.871. The zero-order valence-corrected chi connectivity index (χ0v) is 11.0. The van der Waals surface area contributed by atoms with Crippen LogP contribution in [0.4, 0.5) is 0 Å². The number of rotatable bonds is 4. The maximum atomic E-state index is 11.9. The molecule has 1 amide bonds. The number of nitrogens with one attached hydrogen (secondary N) is 1. The Morgan fingerprint density at radius 1 is 1.35 bits per heavy atom. The summed E-state index contributed by atoms with van der Waals surface area (Å²) in [7, 11) is 0. The van der Waals surface area contributed by atoms with Gasteiger partial charge in [0.15, 0.2) is 0 Å². The van der Waals surface area contributed by atoms with Crippen molar-refractivity contribution < 1.29 is 9.53 Å². The summed E-state index contributed by atoms with van der Waals surface area (Å²) in [6.07, 6.45) is 0.957. The third kappa shape index (κ3) is 4.89. The van der Waals surface area contributed by atoms with Gasteiger partial charge in [0.25, 0.3) is 5.91 Å². The van der Waals surface area contributed by atoms with E-state index in [1.165, 1.54) is 0 Å². The average Bonchev–Trinajstić information content (AvgIpc) is 2.24. The van der Waals surface area contributed by atoms with Crippen molar-refractivity contribution in [2.24, 2.45) is 0 Å². The summed E-state index contributed by atoms with van der Waals surface area (Å²) in [4.78, 5) is 11.9. The molecule has 0 aliphatic heterocycles. The number of benzene rings is 1. The van der Waals surface area contributed by atoms with Crippen molar-refractivity contribution in [1.82, 2.24) is 5.32 Å². The molecule has 0 bridgehead atoms. The lowest BCUT2D eigenvalue weighted by Gasteiger charge is -2.20. The predicted octanol–water partition coefficient (Wildman–Crippen LogP) is 3.00. The van der Waals surface area contributed by atoms with Gasteiger partial charge in [0.2, 0.25) is 0 Å². The zero-order valence-electron chi connectivity index (χ0n) is 11.0. The van der Waals surface area contributed by atoms with Gasteiger partial charge in [-0.2, -0.15) is 0 Å². The normalized spacial score (nSPS) is 11.1. The highest BCUT2D eigenvalue weighted by Gasteiger charge is 2.15. The molecule has 0 heterocycles. The van der Waals surface area contributed by atoms with Gasteiger partial charge in [-0.25, -0.2) is 0 Å². The molecule has 0 spiro atoms. The Kier molecular flexibility index (Phi) is 4.55. The molecule has 17 heavy (non-hydrogen) atoms. The first kappa shape index (κ1) is 13.6. The third-order valence-electron chi connectivity index (χ3n) is 2.06. The lowest BCUT2D eigenvalue weighted by Crippen LogP contribution is -2.40. The highest BCUT2D eigenvalue weighted by molar-refractivity contribution is 5.95. The summed E-state index contributed by atoms with van der Waals surface area (Å²) in [6.45, 7) is 8.60. The molecule has 1 rings (SSSR count). The standard InChI is InChI=1S/C14H21NO2/c1-5-9-17-12-8-6-7-11(10-12)13(16)15-14(2,3)4/h6-8,10H,5,9H2,1-4H3,(H,15,16). The number of ether oxygens (including phenoxy) is 1. The van der Waals surface area contributed by atoms with Gasteiger partial charge in [-0.1, -0.05) is 13.0 Å². The lowest BCUT2D eigenvalue weighted by molar-refractivity contribution is 0.0919. The van der Waals surface area contributed by atoms with Gasteiger partial charge in [-0.3, -0.25) is 4.79 Å². The van der Waals surface area contributed by atoms with Crippen molar-refractivity contribution in [2.45, 2.75) is 39.7 Å². The van der Waals surface area contributed by atoms with Crippen LogP contribution in [-0.4, -0.2) is 18.1 Å². The fourth-order valence-electron chi connectivity index (χ4n) is 1.36. The third-order valence-corrected chi connectivity index (χ3v) is 2.06. The highest BCUT2D eigenvalue weighted by Crippen LogP contribution is 2.14. The van der Waals surface area contributed by atoms with Crippen molar-refractivity contribution in [3.63, 3.8) is 0 Å². The second-order valence-electron chi connectivity index (χ2n) is 5.08. The van der Waals surface area contributed by atoms with Crippen LogP contribution in [0.3, 0.4) is 0 Å². The van der Waals surface area contributed by atoms with Crippen LogP contribution >= 0.6 is 0 Å². The summed E-state index contributed by atoms with van der Waals surface area (Å²) in [5.74, 6) is 0.674. The van der Waals surface area contributed by atoms with Crippen LogP contribution in [-0.2, 0) is 0 Å². The van der Waals surface area contributed by atoms with Crippen molar-refractivity contribution >= 4 is 5.91 Å². The van der Waals surface area contributed by atoms with E-state index in [2.05, 4.69) is 12.2 Å². The Labute approximate surface area is 103 Å². The summed E-state index contributed by atoms with van der Waals surface area (Å²) in [6, 6.07) is 7.27. The Bertz CT molecular complexity index is 380. The smallest absolute Gasteiger partial charge is 0.251 e. The van der Waals surface area contributed by atoms with Crippen LogP contribution in [0, 0.1) is 0 Å². The SMILES string of the molecule is CCCOc1cccc(C(=O)NC(C)(C)C)c1. The topological polar surface area (TPSA) is 38.3 Å². The van der Waals surface area contributed by atoms with E-state index < -0.39 is 0 Å². The monoisotopic (exact) mass is 235 g/mol. The van der Waals surface area contributed by atoms with Gasteiger partial charge in [0.05, 0.1) is 6.61 Å². The Hall–Kier alpha value is -1.51. The first-order chi connectivity index (χ1) is 7.92. The number of carbonyl (C=O) groups is 1.